The second-order valence-corrected chi connectivity index (χ2v) is 7.51. The number of hydrogen-bond acceptors (Lipinski definition) is 4. The van der Waals surface area contributed by atoms with Gasteiger partial charge < -0.3 is 10.6 Å². The number of alkyl halides is 3. The molecule has 0 saturated heterocycles. The van der Waals surface area contributed by atoms with E-state index in [2.05, 4.69) is 20.6 Å². The van der Waals surface area contributed by atoms with Crippen molar-refractivity contribution in [2.75, 3.05) is 17.2 Å². The number of pyridine rings is 1. The number of aryl methyl sites for hydroxylation is 1. The minimum absolute atomic E-state index is 0.0211. The van der Waals surface area contributed by atoms with Crippen LogP contribution >= 0.6 is 0 Å². The van der Waals surface area contributed by atoms with Crippen molar-refractivity contribution in [2.45, 2.75) is 25.4 Å². The first-order chi connectivity index (χ1) is 15.3. The lowest BCUT2D eigenvalue weighted by Crippen LogP contribution is -2.14. The zero-order chi connectivity index (χ0) is 22.7. The molecule has 3 aromatic rings. The number of nitrogens with zero attached hydrogens (tertiary/aromatic N) is 2. The van der Waals surface area contributed by atoms with E-state index in [1.807, 2.05) is 31.2 Å². The number of amides is 1. The summed E-state index contributed by atoms with van der Waals surface area (Å²) < 4.78 is 41.0. The molecule has 1 unspecified atom stereocenters. The Hall–Kier alpha value is -3.68. The number of rotatable bonds is 6. The maximum atomic E-state index is 13.7. The molecular weight excluding hydrogens is 417 g/mol. The number of hydrogen-bond donors (Lipinski definition) is 2. The maximum Gasteiger partial charge on any atom is 0.418 e. The van der Waals surface area contributed by atoms with Crippen LogP contribution < -0.4 is 10.6 Å². The molecule has 164 valence electrons. The molecule has 1 amide bonds. The van der Waals surface area contributed by atoms with Crippen molar-refractivity contribution < 1.29 is 18.0 Å². The molecule has 0 fully saturated rings. The van der Waals surface area contributed by atoms with Crippen LogP contribution in [0.2, 0.25) is 0 Å². The van der Waals surface area contributed by atoms with Gasteiger partial charge in [0, 0.05) is 42.4 Å². The van der Waals surface area contributed by atoms with Gasteiger partial charge in [-0.25, -0.2) is 0 Å². The molecule has 1 aliphatic rings. The van der Waals surface area contributed by atoms with Gasteiger partial charge in [0.05, 0.1) is 11.3 Å². The summed E-state index contributed by atoms with van der Waals surface area (Å²) in [6, 6.07) is 14.8. The van der Waals surface area contributed by atoms with E-state index in [1.165, 1.54) is 18.3 Å². The Kier molecular flexibility index (Phi) is 5.94. The van der Waals surface area contributed by atoms with Gasteiger partial charge in [-0.2, -0.15) is 13.2 Å². The van der Waals surface area contributed by atoms with Gasteiger partial charge in [-0.3, -0.25) is 14.8 Å². The largest absolute Gasteiger partial charge is 0.418 e. The fraction of sp³-hybridized carbons (Fsp3) is 0.208. The molecule has 32 heavy (non-hydrogen) atoms. The van der Waals surface area contributed by atoms with E-state index in [9.17, 15) is 18.0 Å². The summed E-state index contributed by atoms with van der Waals surface area (Å²) in [7, 11) is 0. The molecule has 0 aliphatic carbocycles. The van der Waals surface area contributed by atoms with Gasteiger partial charge >= 0.3 is 6.18 Å². The SMILES string of the molecule is Cc1cccc2c1C(C=Nc1ccc(NCCc3ccccn3)c(C(F)(F)F)c1)C(=O)N2. The lowest BCUT2D eigenvalue weighted by Gasteiger charge is -2.15. The number of aromatic nitrogens is 1. The summed E-state index contributed by atoms with van der Waals surface area (Å²) in [6.07, 6.45) is -1.01. The minimum atomic E-state index is -4.55. The van der Waals surface area contributed by atoms with E-state index >= 15 is 0 Å². The maximum absolute atomic E-state index is 13.7. The van der Waals surface area contributed by atoms with E-state index in [-0.39, 0.29) is 17.3 Å². The van der Waals surface area contributed by atoms with Crippen molar-refractivity contribution in [3.8, 4) is 0 Å². The quantitative estimate of drug-likeness (QED) is 0.500. The van der Waals surface area contributed by atoms with Crippen LogP contribution in [0.1, 0.15) is 28.3 Å². The standard InChI is InChI=1S/C24H21F3N4O/c1-15-5-4-7-21-22(15)18(23(32)31-21)14-30-17-8-9-20(19(13-17)24(25,26)27)29-12-10-16-6-2-3-11-28-16/h2-9,11,13-14,18,29H,10,12H2,1H3,(H,31,32). The lowest BCUT2D eigenvalue weighted by atomic mass is 9.97. The topological polar surface area (TPSA) is 66.4 Å². The van der Waals surface area contributed by atoms with Crippen molar-refractivity contribution in [2.24, 2.45) is 4.99 Å². The highest BCUT2D eigenvalue weighted by Crippen LogP contribution is 2.38. The van der Waals surface area contributed by atoms with E-state index < -0.39 is 17.7 Å². The Morgan fingerprint density at radius 2 is 2.00 bits per heavy atom. The Balaban J connectivity index is 1.54. The van der Waals surface area contributed by atoms with E-state index in [4.69, 9.17) is 0 Å². The number of carbonyl (C=O) groups excluding carboxylic acids is 1. The van der Waals surface area contributed by atoms with Crippen molar-refractivity contribution in [3.63, 3.8) is 0 Å². The highest BCUT2D eigenvalue weighted by Gasteiger charge is 2.34. The van der Waals surface area contributed by atoms with E-state index in [1.54, 1.807) is 18.3 Å². The molecule has 1 atom stereocenters. The highest BCUT2D eigenvalue weighted by molar-refractivity contribution is 6.13. The first kappa shape index (κ1) is 21.5. The van der Waals surface area contributed by atoms with Crippen LogP contribution in [-0.4, -0.2) is 23.7 Å². The van der Waals surface area contributed by atoms with Crippen molar-refractivity contribution in [1.82, 2.24) is 4.98 Å². The van der Waals surface area contributed by atoms with E-state index in [0.717, 1.165) is 22.9 Å². The van der Waals surface area contributed by atoms with Crippen molar-refractivity contribution in [3.05, 3.63) is 83.2 Å². The first-order valence-corrected chi connectivity index (χ1v) is 10.1. The average Bonchev–Trinajstić information content (AvgIpc) is 3.09. The minimum Gasteiger partial charge on any atom is -0.384 e. The fourth-order valence-electron chi connectivity index (χ4n) is 3.72. The van der Waals surface area contributed by atoms with Crippen LogP contribution in [0.5, 0.6) is 0 Å². The predicted molar refractivity (Wildman–Crippen MR) is 119 cm³/mol. The Bertz CT molecular complexity index is 1160. The number of aliphatic imine (C=N–C) groups is 1. The third-order valence-electron chi connectivity index (χ3n) is 5.28. The van der Waals surface area contributed by atoms with Crippen molar-refractivity contribution in [1.29, 1.82) is 0 Å². The molecular formula is C24H21F3N4O. The Morgan fingerprint density at radius 1 is 1.16 bits per heavy atom. The van der Waals surface area contributed by atoms with Crippen molar-refractivity contribution >= 4 is 29.2 Å². The van der Waals surface area contributed by atoms with Crippen LogP contribution in [0.25, 0.3) is 0 Å². The van der Waals surface area contributed by atoms with Gasteiger partial charge in [0.25, 0.3) is 0 Å². The van der Waals surface area contributed by atoms with Gasteiger partial charge in [-0.1, -0.05) is 18.2 Å². The third-order valence-corrected chi connectivity index (χ3v) is 5.28. The molecule has 0 bridgehead atoms. The second-order valence-electron chi connectivity index (χ2n) is 7.51. The molecule has 0 spiro atoms. The smallest absolute Gasteiger partial charge is 0.384 e. The normalized spacial score (nSPS) is 15.6. The third kappa shape index (κ3) is 4.64. The first-order valence-electron chi connectivity index (χ1n) is 10.1. The number of benzene rings is 2. The van der Waals surface area contributed by atoms with Crippen LogP contribution in [0.4, 0.5) is 30.2 Å². The van der Waals surface area contributed by atoms with Gasteiger partial charge in [0.2, 0.25) is 5.91 Å². The summed E-state index contributed by atoms with van der Waals surface area (Å²) >= 11 is 0. The summed E-state index contributed by atoms with van der Waals surface area (Å²) in [5.74, 6) is -0.890. The van der Waals surface area contributed by atoms with Gasteiger partial charge in [-0.05, 0) is 54.4 Å². The van der Waals surface area contributed by atoms with Crippen LogP contribution in [-0.2, 0) is 17.4 Å². The van der Waals surface area contributed by atoms with E-state index in [0.29, 0.717) is 18.7 Å². The molecule has 0 saturated carbocycles. The zero-order valence-electron chi connectivity index (χ0n) is 17.3. The number of anilines is 2. The number of fused-ring (bicyclic) bond motifs is 1. The molecule has 0 radical (unpaired) electrons. The number of halogens is 3. The zero-order valence-corrected chi connectivity index (χ0v) is 17.3. The molecule has 2 aromatic carbocycles. The van der Waals surface area contributed by atoms with Gasteiger partial charge in [0.1, 0.15) is 5.92 Å². The number of carbonyl (C=O) groups is 1. The summed E-state index contributed by atoms with van der Waals surface area (Å²) in [4.78, 5) is 20.7. The Labute approximate surface area is 183 Å². The lowest BCUT2D eigenvalue weighted by molar-refractivity contribution is -0.137. The predicted octanol–water partition coefficient (Wildman–Crippen LogP) is 5.50. The van der Waals surface area contributed by atoms with Crippen LogP contribution in [0, 0.1) is 6.92 Å². The molecule has 2 N–H and O–H groups in total. The Morgan fingerprint density at radius 3 is 2.75 bits per heavy atom. The number of nitrogens with one attached hydrogen (secondary N) is 2. The molecule has 5 nitrogen and oxygen atoms in total. The summed E-state index contributed by atoms with van der Waals surface area (Å²) in [5, 5.41) is 5.62. The van der Waals surface area contributed by atoms with Gasteiger partial charge in [0.15, 0.2) is 0 Å². The summed E-state index contributed by atoms with van der Waals surface area (Å²) in [6.45, 7) is 2.19. The van der Waals surface area contributed by atoms with Crippen LogP contribution in [0.3, 0.4) is 0 Å². The molecule has 2 heterocycles. The molecule has 1 aromatic heterocycles. The average molecular weight is 438 g/mol. The molecule has 8 heteroatoms. The highest BCUT2D eigenvalue weighted by atomic mass is 19.4. The monoisotopic (exact) mass is 438 g/mol. The molecule has 4 rings (SSSR count). The van der Waals surface area contributed by atoms with Gasteiger partial charge in [-0.15, -0.1) is 0 Å². The van der Waals surface area contributed by atoms with Crippen LogP contribution in [0.15, 0.2) is 65.8 Å². The second kappa shape index (κ2) is 8.82. The molecule has 1 aliphatic heterocycles. The summed E-state index contributed by atoms with van der Waals surface area (Å²) in [5.41, 5.74) is 2.51. The fourth-order valence-corrected chi connectivity index (χ4v) is 3.72.